The summed E-state index contributed by atoms with van der Waals surface area (Å²) in [6.07, 6.45) is -3.38. The standard InChI is InChI=1S/C21H25F4NO3.ClH/c22-17-5-1-3-15(11-17)4-2-10-29-19-7-6-16(12-18(19)21(23,24)25)8-9-20(26,13-27)14-28;/h1,3,5-7,11-12,27-28H,2,4,8-10,13-14,26H2;1H. The molecule has 4 nitrogen and oxygen atoms in total. The van der Waals surface area contributed by atoms with Crippen LogP contribution in [0.3, 0.4) is 0 Å². The van der Waals surface area contributed by atoms with Gasteiger partial charge in [0.2, 0.25) is 0 Å². The molecule has 2 aromatic rings. The van der Waals surface area contributed by atoms with Gasteiger partial charge in [0.25, 0.3) is 0 Å². The Bertz CT molecular complexity index is 798. The Morgan fingerprint density at radius 1 is 0.933 bits per heavy atom. The fraction of sp³-hybridized carbons (Fsp3) is 0.429. The summed E-state index contributed by atoms with van der Waals surface area (Å²) in [5.74, 6) is -0.633. The Morgan fingerprint density at radius 2 is 1.60 bits per heavy atom. The number of aliphatic hydroxyl groups excluding tert-OH is 2. The second-order valence-electron chi connectivity index (χ2n) is 7.09. The lowest BCUT2D eigenvalue weighted by Gasteiger charge is -2.24. The molecule has 0 aliphatic rings. The van der Waals surface area contributed by atoms with E-state index in [1.165, 1.54) is 24.3 Å². The molecule has 0 unspecified atom stereocenters. The van der Waals surface area contributed by atoms with E-state index in [4.69, 9.17) is 10.5 Å². The molecule has 0 bridgehead atoms. The number of hydrogen-bond acceptors (Lipinski definition) is 4. The molecule has 0 fully saturated rings. The summed E-state index contributed by atoms with van der Waals surface area (Å²) in [5, 5.41) is 18.4. The summed E-state index contributed by atoms with van der Waals surface area (Å²) in [7, 11) is 0. The van der Waals surface area contributed by atoms with Gasteiger partial charge in [-0.25, -0.2) is 4.39 Å². The highest BCUT2D eigenvalue weighted by molar-refractivity contribution is 5.85. The average molecular weight is 452 g/mol. The Balaban J connectivity index is 0.00000450. The molecule has 0 aliphatic heterocycles. The topological polar surface area (TPSA) is 75.7 Å². The minimum atomic E-state index is -4.60. The Hall–Kier alpha value is -1.87. The maximum Gasteiger partial charge on any atom is 0.419 e. The minimum Gasteiger partial charge on any atom is -0.493 e. The van der Waals surface area contributed by atoms with Crippen LogP contribution in [0.1, 0.15) is 29.5 Å². The molecule has 0 saturated carbocycles. The van der Waals surface area contributed by atoms with E-state index in [2.05, 4.69) is 0 Å². The van der Waals surface area contributed by atoms with Crippen molar-refractivity contribution in [1.29, 1.82) is 0 Å². The monoisotopic (exact) mass is 451 g/mol. The van der Waals surface area contributed by atoms with E-state index in [0.29, 0.717) is 18.4 Å². The SMILES string of the molecule is Cl.NC(CO)(CO)CCc1ccc(OCCCc2cccc(F)c2)c(C(F)(F)F)c1. The van der Waals surface area contributed by atoms with Gasteiger partial charge in [0, 0.05) is 0 Å². The van der Waals surface area contributed by atoms with Gasteiger partial charge >= 0.3 is 6.18 Å². The molecule has 0 atom stereocenters. The zero-order chi connectivity index (χ0) is 21.5. The highest BCUT2D eigenvalue weighted by Crippen LogP contribution is 2.37. The van der Waals surface area contributed by atoms with Gasteiger partial charge in [-0.2, -0.15) is 13.2 Å². The van der Waals surface area contributed by atoms with E-state index in [1.807, 2.05) is 0 Å². The molecule has 2 rings (SSSR count). The first-order valence-corrected chi connectivity index (χ1v) is 9.25. The molecule has 0 aromatic heterocycles. The maximum atomic E-state index is 13.4. The molecule has 2 aromatic carbocycles. The molecule has 0 amide bonds. The van der Waals surface area contributed by atoms with Crippen LogP contribution in [0.25, 0.3) is 0 Å². The van der Waals surface area contributed by atoms with Crippen molar-refractivity contribution in [3.05, 3.63) is 65.0 Å². The van der Waals surface area contributed by atoms with Crippen LogP contribution in [0.15, 0.2) is 42.5 Å². The second kappa shape index (κ2) is 11.5. The van der Waals surface area contributed by atoms with E-state index in [1.54, 1.807) is 12.1 Å². The summed E-state index contributed by atoms with van der Waals surface area (Å²) >= 11 is 0. The molecule has 9 heteroatoms. The third kappa shape index (κ3) is 7.75. The third-order valence-corrected chi connectivity index (χ3v) is 4.65. The maximum absolute atomic E-state index is 13.4. The van der Waals surface area contributed by atoms with Crippen molar-refractivity contribution < 1.29 is 32.5 Å². The van der Waals surface area contributed by atoms with Gasteiger partial charge < -0.3 is 20.7 Å². The summed E-state index contributed by atoms with van der Waals surface area (Å²) in [5.41, 5.74) is 4.75. The van der Waals surface area contributed by atoms with Crippen LogP contribution in [0.2, 0.25) is 0 Å². The number of halogens is 5. The molecule has 0 heterocycles. The van der Waals surface area contributed by atoms with Crippen molar-refractivity contribution in [3.8, 4) is 5.75 Å². The third-order valence-electron chi connectivity index (χ3n) is 4.65. The van der Waals surface area contributed by atoms with E-state index in [0.717, 1.165) is 11.6 Å². The summed E-state index contributed by atoms with van der Waals surface area (Å²) in [6.45, 7) is -0.885. The van der Waals surface area contributed by atoms with E-state index < -0.39 is 30.5 Å². The van der Waals surface area contributed by atoms with Gasteiger partial charge in [-0.15, -0.1) is 12.4 Å². The highest BCUT2D eigenvalue weighted by Gasteiger charge is 2.35. The van der Waals surface area contributed by atoms with Crippen LogP contribution < -0.4 is 10.5 Å². The number of hydrogen-bond donors (Lipinski definition) is 3. The number of rotatable bonds is 10. The fourth-order valence-corrected chi connectivity index (χ4v) is 2.83. The first-order chi connectivity index (χ1) is 13.7. The van der Waals surface area contributed by atoms with Crippen LogP contribution in [0.4, 0.5) is 17.6 Å². The minimum absolute atomic E-state index is 0. The van der Waals surface area contributed by atoms with Crippen molar-refractivity contribution in [2.75, 3.05) is 19.8 Å². The van der Waals surface area contributed by atoms with Gasteiger partial charge in [-0.05, 0) is 61.1 Å². The number of benzene rings is 2. The number of aryl methyl sites for hydroxylation is 2. The van der Waals surface area contributed by atoms with E-state index >= 15 is 0 Å². The van der Waals surface area contributed by atoms with Crippen LogP contribution in [0, 0.1) is 5.82 Å². The molecule has 168 valence electrons. The molecule has 30 heavy (non-hydrogen) atoms. The van der Waals surface area contributed by atoms with Gasteiger partial charge in [0.1, 0.15) is 11.6 Å². The van der Waals surface area contributed by atoms with Crippen molar-refractivity contribution in [2.24, 2.45) is 5.73 Å². The molecule has 0 radical (unpaired) electrons. The molecular weight excluding hydrogens is 426 g/mol. The first kappa shape index (κ1) is 26.2. The van der Waals surface area contributed by atoms with Crippen LogP contribution >= 0.6 is 12.4 Å². The fourth-order valence-electron chi connectivity index (χ4n) is 2.83. The lowest BCUT2D eigenvalue weighted by atomic mass is 9.93. The second-order valence-corrected chi connectivity index (χ2v) is 7.09. The normalized spacial score (nSPS) is 11.8. The number of alkyl halides is 3. The van der Waals surface area contributed by atoms with Gasteiger partial charge in [0.05, 0.1) is 30.9 Å². The van der Waals surface area contributed by atoms with E-state index in [9.17, 15) is 27.8 Å². The van der Waals surface area contributed by atoms with Gasteiger partial charge in [-0.1, -0.05) is 18.2 Å². The van der Waals surface area contributed by atoms with Crippen LogP contribution in [-0.4, -0.2) is 35.6 Å². The van der Waals surface area contributed by atoms with Gasteiger partial charge in [-0.3, -0.25) is 0 Å². The van der Waals surface area contributed by atoms with E-state index in [-0.39, 0.29) is 43.4 Å². The molecule has 0 spiro atoms. The molecule has 0 aliphatic carbocycles. The number of ether oxygens (including phenoxy) is 1. The Kier molecular flexibility index (Phi) is 10.0. The molecule has 0 saturated heterocycles. The Labute approximate surface area is 179 Å². The van der Waals surface area contributed by atoms with Crippen LogP contribution in [-0.2, 0) is 19.0 Å². The van der Waals surface area contributed by atoms with Gasteiger partial charge in [0.15, 0.2) is 0 Å². The summed E-state index contributed by atoms with van der Waals surface area (Å²) in [4.78, 5) is 0. The number of nitrogens with two attached hydrogens (primary N) is 1. The Morgan fingerprint density at radius 3 is 2.20 bits per heavy atom. The summed E-state index contributed by atoms with van der Waals surface area (Å²) in [6, 6.07) is 9.80. The van der Waals surface area contributed by atoms with Crippen molar-refractivity contribution in [1.82, 2.24) is 0 Å². The molecule has 4 N–H and O–H groups in total. The lowest BCUT2D eigenvalue weighted by molar-refractivity contribution is -0.139. The highest BCUT2D eigenvalue weighted by atomic mass is 35.5. The zero-order valence-corrected chi connectivity index (χ0v) is 17.1. The average Bonchev–Trinajstić information content (AvgIpc) is 2.69. The predicted molar refractivity (Wildman–Crippen MR) is 108 cm³/mol. The molecular formula is C21H26ClF4NO3. The zero-order valence-electron chi connectivity index (χ0n) is 16.3. The van der Waals surface area contributed by atoms with Crippen molar-refractivity contribution >= 4 is 12.4 Å². The first-order valence-electron chi connectivity index (χ1n) is 9.25. The van der Waals surface area contributed by atoms with Crippen molar-refractivity contribution in [2.45, 2.75) is 37.4 Å². The predicted octanol–water partition coefficient (Wildman–Crippen LogP) is 3.89. The largest absolute Gasteiger partial charge is 0.493 e. The quantitative estimate of drug-likeness (QED) is 0.378. The summed E-state index contributed by atoms with van der Waals surface area (Å²) < 4.78 is 58.8. The number of aliphatic hydroxyl groups is 2. The van der Waals surface area contributed by atoms with Crippen LogP contribution in [0.5, 0.6) is 5.75 Å². The lowest BCUT2D eigenvalue weighted by Crippen LogP contribution is -2.47. The smallest absolute Gasteiger partial charge is 0.419 e. The van der Waals surface area contributed by atoms with Crippen molar-refractivity contribution in [3.63, 3.8) is 0 Å².